The molecule has 0 heterocycles. The van der Waals surface area contributed by atoms with Crippen molar-refractivity contribution in [2.75, 3.05) is 6.61 Å². The average Bonchev–Trinajstić information content (AvgIpc) is 2.54. The van der Waals surface area contributed by atoms with Crippen LogP contribution >= 0.6 is 0 Å². The average molecular weight is 202 g/mol. The molecule has 0 saturated heterocycles. The largest absolute Gasteiger partial charge is 0.458 e. The Hall–Kier alpha value is -0.610. The minimum absolute atomic E-state index is 0.393. The third-order valence-electron chi connectivity index (χ3n) is 2.90. The normalized spacial score (nSPS) is 18.5. The maximum atomic E-state index is 11.1. The lowest BCUT2D eigenvalue weighted by Crippen LogP contribution is -2.36. The number of hydrogen-bond acceptors (Lipinski definition) is 4. The van der Waals surface area contributed by atoms with E-state index in [1.807, 2.05) is 13.8 Å². The minimum atomic E-state index is -0.510. The second-order valence-corrected chi connectivity index (χ2v) is 4.33. The molecule has 0 aromatic carbocycles. The third-order valence-corrected chi connectivity index (χ3v) is 2.90. The van der Waals surface area contributed by atoms with Crippen LogP contribution in [0.15, 0.2) is 0 Å². The van der Waals surface area contributed by atoms with Crippen LogP contribution in [-0.4, -0.2) is 23.4 Å². The molecule has 0 unspecified atom stereocenters. The number of esters is 1. The van der Waals surface area contributed by atoms with E-state index in [1.165, 1.54) is 12.8 Å². The molecule has 1 fully saturated rings. The molecule has 4 nitrogen and oxygen atoms in total. The summed E-state index contributed by atoms with van der Waals surface area (Å²) in [6.45, 7) is 3.44. The number of hydrogen-bond donors (Lipinski definition) is 1. The smallest absolute Gasteiger partial charge is 0.336 e. The second kappa shape index (κ2) is 4.75. The van der Waals surface area contributed by atoms with Crippen molar-refractivity contribution in [3.05, 3.63) is 0 Å². The van der Waals surface area contributed by atoms with E-state index < -0.39 is 18.2 Å². The maximum absolute atomic E-state index is 11.1. The second-order valence-electron chi connectivity index (χ2n) is 4.33. The van der Waals surface area contributed by atoms with Gasteiger partial charge < -0.3 is 4.74 Å². The Balaban J connectivity index is 2.43. The topological polar surface area (TPSA) is 55.8 Å². The zero-order valence-electron chi connectivity index (χ0n) is 8.78. The van der Waals surface area contributed by atoms with Gasteiger partial charge in [0, 0.05) is 0 Å². The summed E-state index contributed by atoms with van der Waals surface area (Å²) in [6.07, 6.45) is 4.64. The summed E-state index contributed by atoms with van der Waals surface area (Å²) >= 11 is 0. The Morgan fingerprint density at radius 1 is 1.43 bits per heavy atom. The zero-order chi connectivity index (χ0) is 10.6. The first kappa shape index (κ1) is 11.5. The van der Waals surface area contributed by atoms with E-state index in [1.54, 1.807) is 0 Å². The highest BCUT2D eigenvalue weighted by Gasteiger charge is 2.35. The Bertz CT molecular complexity index is 194. The van der Waals surface area contributed by atoms with Crippen LogP contribution in [-0.2, 0) is 14.4 Å². The van der Waals surface area contributed by atoms with Crippen LogP contribution < -0.4 is 0 Å². The summed E-state index contributed by atoms with van der Waals surface area (Å²) in [6, 6.07) is 0. The van der Waals surface area contributed by atoms with Crippen molar-refractivity contribution in [1.29, 1.82) is 0 Å². The lowest BCUT2D eigenvalue weighted by molar-refractivity contribution is -0.249. The van der Waals surface area contributed by atoms with E-state index in [0.29, 0.717) is 5.92 Å². The summed E-state index contributed by atoms with van der Waals surface area (Å²) in [5, 5.41) is 8.10. The van der Waals surface area contributed by atoms with Crippen molar-refractivity contribution in [3.63, 3.8) is 0 Å². The van der Waals surface area contributed by atoms with Crippen molar-refractivity contribution in [2.45, 2.75) is 45.1 Å². The van der Waals surface area contributed by atoms with Gasteiger partial charge in [-0.15, -0.1) is 0 Å². The fraction of sp³-hybridized carbons (Fsp3) is 0.900. The quantitative estimate of drug-likeness (QED) is 0.430. The maximum Gasteiger partial charge on any atom is 0.336 e. The highest BCUT2D eigenvalue weighted by Crippen LogP contribution is 2.35. The van der Waals surface area contributed by atoms with Crippen molar-refractivity contribution in [3.8, 4) is 0 Å². The molecule has 82 valence electrons. The number of ether oxygens (including phenoxy) is 1. The van der Waals surface area contributed by atoms with Crippen LogP contribution in [0.5, 0.6) is 0 Å². The van der Waals surface area contributed by atoms with Gasteiger partial charge in [0.25, 0.3) is 0 Å². The Kier molecular flexibility index (Phi) is 3.89. The van der Waals surface area contributed by atoms with E-state index in [2.05, 4.69) is 4.89 Å². The van der Waals surface area contributed by atoms with E-state index >= 15 is 0 Å². The van der Waals surface area contributed by atoms with Crippen molar-refractivity contribution in [2.24, 2.45) is 5.92 Å². The summed E-state index contributed by atoms with van der Waals surface area (Å²) in [5.41, 5.74) is -0.438. The molecule has 1 aliphatic carbocycles. The summed E-state index contributed by atoms with van der Waals surface area (Å²) < 4.78 is 5.24. The Labute approximate surface area is 84.1 Å². The molecule has 1 aliphatic rings. The lowest BCUT2D eigenvalue weighted by atomic mass is 9.89. The van der Waals surface area contributed by atoms with Crippen LogP contribution in [0.4, 0.5) is 0 Å². The first-order valence-electron chi connectivity index (χ1n) is 5.04. The third kappa shape index (κ3) is 2.96. The molecule has 0 spiro atoms. The SMILES string of the molecule is CC(C)(OC(=O)COO)C1CCCC1. The van der Waals surface area contributed by atoms with Crippen LogP contribution in [0.25, 0.3) is 0 Å². The van der Waals surface area contributed by atoms with Gasteiger partial charge in [0.2, 0.25) is 0 Å². The number of carbonyl (C=O) groups is 1. The standard InChI is InChI=1S/C10H18O4/c1-10(2,8-5-3-4-6-8)14-9(11)7-13-12/h8,12H,3-7H2,1-2H3. The van der Waals surface area contributed by atoms with Crippen molar-refractivity contribution in [1.82, 2.24) is 0 Å². The molecule has 0 radical (unpaired) electrons. The van der Waals surface area contributed by atoms with Crippen molar-refractivity contribution >= 4 is 5.97 Å². The van der Waals surface area contributed by atoms with Gasteiger partial charge >= 0.3 is 5.97 Å². The molecule has 4 heteroatoms. The minimum Gasteiger partial charge on any atom is -0.458 e. The highest BCUT2D eigenvalue weighted by molar-refractivity contribution is 5.71. The Morgan fingerprint density at radius 3 is 2.50 bits per heavy atom. The molecule has 0 aromatic rings. The van der Waals surface area contributed by atoms with E-state index in [0.717, 1.165) is 12.8 Å². The first-order chi connectivity index (χ1) is 6.56. The predicted octanol–water partition coefficient (Wildman–Crippen LogP) is 1.99. The fourth-order valence-corrected chi connectivity index (χ4v) is 2.08. The monoisotopic (exact) mass is 202 g/mol. The Morgan fingerprint density at radius 2 is 2.00 bits per heavy atom. The van der Waals surface area contributed by atoms with Crippen LogP contribution in [0.3, 0.4) is 0 Å². The summed E-state index contributed by atoms with van der Waals surface area (Å²) in [7, 11) is 0. The van der Waals surface area contributed by atoms with Gasteiger partial charge in [-0.05, 0) is 32.6 Å². The van der Waals surface area contributed by atoms with Gasteiger partial charge in [-0.3, -0.25) is 5.26 Å². The van der Waals surface area contributed by atoms with Gasteiger partial charge in [-0.25, -0.2) is 9.68 Å². The van der Waals surface area contributed by atoms with E-state index in [4.69, 9.17) is 9.99 Å². The predicted molar refractivity (Wildman–Crippen MR) is 50.7 cm³/mol. The van der Waals surface area contributed by atoms with Crippen molar-refractivity contribution < 1.29 is 19.7 Å². The molecular formula is C10H18O4. The molecule has 1 N–H and O–H groups in total. The first-order valence-corrected chi connectivity index (χ1v) is 5.04. The fourth-order valence-electron chi connectivity index (χ4n) is 2.08. The summed E-state index contributed by atoms with van der Waals surface area (Å²) in [4.78, 5) is 14.8. The van der Waals surface area contributed by atoms with Crippen LogP contribution in [0.2, 0.25) is 0 Å². The van der Waals surface area contributed by atoms with Gasteiger partial charge in [-0.2, -0.15) is 0 Å². The zero-order valence-corrected chi connectivity index (χ0v) is 8.78. The molecule has 0 bridgehead atoms. The molecule has 14 heavy (non-hydrogen) atoms. The van der Waals surface area contributed by atoms with Gasteiger partial charge in [-0.1, -0.05) is 12.8 Å². The molecule has 0 aliphatic heterocycles. The number of carbonyl (C=O) groups excluding carboxylic acids is 1. The molecule has 0 atom stereocenters. The summed E-state index contributed by atoms with van der Waals surface area (Å²) in [5.74, 6) is -0.0745. The molecule has 0 amide bonds. The van der Waals surface area contributed by atoms with Gasteiger partial charge in [0.15, 0.2) is 6.61 Å². The molecule has 1 rings (SSSR count). The van der Waals surface area contributed by atoms with Gasteiger partial charge in [0.05, 0.1) is 0 Å². The van der Waals surface area contributed by atoms with E-state index in [-0.39, 0.29) is 0 Å². The van der Waals surface area contributed by atoms with Gasteiger partial charge in [0.1, 0.15) is 5.60 Å². The van der Waals surface area contributed by atoms with E-state index in [9.17, 15) is 4.79 Å². The van der Waals surface area contributed by atoms with Crippen LogP contribution in [0.1, 0.15) is 39.5 Å². The molecule has 0 aromatic heterocycles. The molecule has 1 saturated carbocycles. The molecular weight excluding hydrogens is 184 g/mol. The number of rotatable bonds is 4. The van der Waals surface area contributed by atoms with Crippen LogP contribution in [0, 0.1) is 5.92 Å². The lowest BCUT2D eigenvalue weighted by Gasteiger charge is -2.31. The highest BCUT2D eigenvalue weighted by atomic mass is 17.1.